The Morgan fingerprint density at radius 1 is 1.31 bits per heavy atom. The number of carbonyl (C=O) groups excluding carboxylic acids is 1. The Morgan fingerprint density at radius 2 is 1.92 bits per heavy atom. The van der Waals surface area contributed by atoms with Crippen LogP contribution in [0.5, 0.6) is 0 Å². The van der Waals surface area contributed by atoms with E-state index in [1.165, 1.54) is 13.0 Å². The maximum absolute atomic E-state index is 11.2. The van der Waals surface area contributed by atoms with Crippen molar-refractivity contribution in [1.82, 2.24) is 0 Å². The second-order valence-corrected chi connectivity index (χ2v) is 2.67. The topological polar surface area (TPSA) is 40.9 Å². The van der Waals surface area contributed by atoms with Gasteiger partial charge in [-0.2, -0.15) is 0 Å². The summed E-state index contributed by atoms with van der Waals surface area (Å²) in [7, 11) is 0. The van der Waals surface area contributed by atoms with Crippen LogP contribution in [0, 0.1) is 5.41 Å². The van der Waals surface area contributed by atoms with Gasteiger partial charge in [-0.15, -0.1) is 0 Å². The number of hydrogen-bond donors (Lipinski definition) is 1. The molecule has 1 aromatic carbocycles. The van der Waals surface area contributed by atoms with Crippen molar-refractivity contribution in [2.45, 2.75) is 6.92 Å². The lowest BCUT2D eigenvalue weighted by molar-refractivity contribution is -0.111. The molecular weight excluding hydrogens is 162 g/mol. The molecule has 0 amide bonds. The first-order chi connectivity index (χ1) is 6.25. The van der Waals surface area contributed by atoms with Crippen LogP contribution in [0.1, 0.15) is 12.5 Å². The fraction of sp³-hybridized carbons (Fsp3) is 0.0909. The Balaban J connectivity index is 3.10. The van der Waals surface area contributed by atoms with Gasteiger partial charge in [0.15, 0.2) is 5.78 Å². The third kappa shape index (κ3) is 2.37. The molecule has 0 unspecified atom stereocenters. The summed E-state index contributed by atoms with van der Waals surface area (Å²) >= 11 is 0. The zero-order valence-corrected chi connectivity index (χ0v) is 7.45. The van der Waals surface area contributed by atoms with Crippen LogP contribution in [0.2, 0.25) is 0 Å². The van der Waals surface area contributed by atoms with Gasteiger partial charge in [-0.3, -0.25) is 4.79 Å². The average Bonchev–Trinajstić information content (AvgIpc) is 2.15. The number of allylic oxidation sites excluding steroid dienone is 2. The van der Waals surface area contributed by atoms with Gasteiger partial charge in [-0.05, 0) is 18.6 Å². The minimum atomic E-state index is -0.0188. The van der Waals surface area contributed by atoms with Crippen LogP contribution in [0.15, 0.2) is 36.4 Å². The maximum Gasteiger partial charge on any atom is 0.160 e. The largest absolute Gasteiger partial charge is 0.309 e. The number of hydrogen-bond acceptors (Lipinski definition) is 2. The highest BCUT2D eigenvalue weighted by Crippen LogP contribution is 2.13. The van der Waals surface area contributed by atoms with E-state index in [9.17, 15) is 4.79 Å². The number of nitrogens with one attached hydrogen (secondary N) is 1. The van der Waals surface area contributed by atoms with Gasteiger partial charge in [0.25, 0.3) is 0 Å². The normalized spacial score (nSPS) is 11.0. The second-order valence-electron chi connectivity index (χ2n) is 2.67. The molecule has 0 aliphatic rings. The first-order valence-corrected chi connectivity index (χ1v) is 4.03. The summed E-state index contributed by atoms with van der Waals surface area (Å²) in [6.45, 7) is 1.50. The number of carbonyl (C=O) groups is 1. The van der Waals surface area contributed by atoms with Gasteiger partial charge in [0.05, 0.1) is 0 Å². The van der Waals surface area contributed by atoms with Crippen molar-refractivity contribution in [3.05, 3.63) is 42.0 Å². The van der Waals surface area contributed by atoms with Crippen molar-refractivity contribution < 1.29 is 4.79 Å². The van der Waals surface area contributed by atoms with E-state index in [1.54, 1.807) is 0 Å². The van der Waals surface area contributed by atoms with Gasteiger partial charge < -0.3 is 5.41 Å². The molecule has 0 aliphatic heterocycles. The summed E-state index contributed by atoms with van der Waals surface area (Å²) in [5.41, 5.74) is 1.44. The van der Waals surface area contributed by atoms with E-state index < -0.39 is 0 Å². The molecule has 0 saturated carbocycles. The zero-order chi connectivity index (χ0) is 9.68. The van der Waals surface area contributed by atoms with E-state index >= 15 is 0 Å². The average molecular weight is 173 g/mol. The van der Waals surface area contributed by atoms with E-state index in [-0.39, 0.29) is 5.78 Å². The molecule has 1 aromatic rings. The van der Waals surface area contributed by atoms with Crippen LogP contribution < -0.4 is 0 Å². The highest BCUT2D eigenvalue weighted by molar-refractivity contribution is 6.22. The maximum atomic E-state index is 11.2. The predicted molar refractivity (Wildman–Crippen MR) is 53.9 cm³/mol. The van der Waals surface area contributed by atoms with Crippen LogP contribution in [-0.2, 0) is 4.79 Å². The summed E-state index contributed by atoms with van der Waals surface area (Å²) in [6.07, 6.45) is 2.64. The SMILES string of the molecule is CC(=O)/C(=C\C=N)c1ccccc1. The van der Waals surface area contributed by atoms with E-state index in [0.717, 1.165) is 11.8 Å². The molecule has 66 valence electrons. The van der Waals surface area contributed by atoms with Crippen molar-refractivity contribution in [3.63, 3.8) is 0 Å². The van der Waals surface area contributed by atoms with Gasteiger partial charge in [0.2, 0.25) is 0 Å². The number of rotatable bonds is 3. The van der Waals surface area contributed by atoms with E-state index in [0.29, 0.717) is 5.57 Å². The molecule has 0 radical (unpaired) electrons. The van der Waals surface area contributed by atoms with E-state index in [4.69, 9.17) is 5.41 Å². The van der Waals surface area contributed by atoms with Gasteiger partial charge in [-0.25, -0.2) is 0 Å². The molecule has 0 spiro atoms. The van der Waals surface area contributed by atoms with Crippen LogP contribution in [0.4, 0.5) is 0 Å². The molecule has 0 atom stereocenters. The molecule has 0 aliphatic carbocycles. The first kappa shape index (κ1) is 9.39. The Labute approximate surface area is 77.4 Å². The lowest BCUT2D eigenvalue weighted by Crippen LogP contribution is -1.95. The fourth-order valence-corrected chi connectivity index (χ4v) is 1.12. The van der Waals surface area contributed by atoms with Gasteiger partial charge in [-0.1, -0.05) is 30.3 Å². The monoisotopic (exact) mass is 173 g/mol. The lowest BCUT2D eigenvalue weighted by atomic mass is 10.0. The van der Waals surface area contributed by atoms with E-state index in [1.807, 2.05) is 30.3 Å². The Bertz CT molecular complexity index is 338. The van der Waals surface area contributed by atoms with Crippen molar-refractivity contribution in [2.75, 3.05) is 0 Å². The third-order valence-electron chi connectivity index (χ3n) is 1.71. The molecule has 2 heteroatoms. The van der Waals surface area contributed by atoms with Gasteiger partial charge in [0.1, 0.15) is 0 Å². The Morgan fingerprint density at radius 3 is 2.38 bits per heavy atom. The standard InChI is InChI=1S/C11H11NO/c1-9(13)11(7-8-12)10-5-3-2-4-6-10/h2-8,12H,1H3/b11-7+,12-8?. The summed E-state index contributed by atoms with van der Waals surface area (Å²) in [4.78, 5) is 11.2. The first-order valence-electron chi connectivity index (χ1n) is 4.03. The van der Waals surface area contributed by atoms with Crippen molar-refractivity contribution >= 4 is 17.6 Å². The van der Waals surface area contributed by atoms with Crippen LogP contribution in [-0.4, -0.2) is 12.0 Å². The van der Waals surface area contributed by atoms with Crippen molar-refractivity contribution in [1.29, 1.82) is 5.41 Å². The van der Waals surface area contributed by atoms with Crippen LogP contribution >= 0.6 is 0 Å². The lowest BCUT2D eigenvalue weighted by Gasteiger charge is -2.01. The smallest absolute Gasteiger partial charge is 0.160 e. The van der Waals surface area contributed by atoms with Gasteiger partial charge >= 0.3 is 0 Å². The Hall–Kier alpha value is -1.70. The minimum Gasteiger partial charge on any atom is -0.309 e. The molecule has 1 N–H and O–H groups in total. The summed E-state index contributed by atoms with van der Waals surface area (Å²) in [5.74, 6) is -0.0188. The van der Waals surface area contributed by atoms with Crippen LogP contribution in [0.3, 0.4) is 0 Å². The highest BCUT2D eigenvalue weighted by atomic mass is 16.1. The molecular formula is C11H11NO. The predicted octanol–water partition coefficient (Wildman–Crippen LogP) is 2.31. The molecule has 0 heterocycles. The Kier molecular flexibility index (Phi) is 3.15. The zero-order valence-electron chi connectivity index (χ0n) is 7.45. The van der Waals surface area contributed by atoms with Crippen LogP contribution in [0.25, 0.3) is 5.57 Å². The quantitative estimate of drug-likeness (QED) is 0.553. The molecule has 2 nitrogen and oxygen atoms in total. The number of benzene rings is 1. The summed E-state index contributed by atoms with van der Waals surface area (Å²) < 4.78 is 0. The molecule has 13 heavy (non-hydrogen) atoms. The fourth-order valence-electron chi connectivity index (χ4n) is 1.12. The molecule has 0 fully saturated rings. The van der Waals surface area contributed by atoms with Gasteiger partial charge in [0, 0.05) is 11.8 Å². The van der Waals surface area contributed by atoms with E-state index in [2.05, 4.69) is 0 Å². The second kappa shape index (κ2) is 4.36. The summed E-state index contributed by atoms with van der Waals surface area (Å²) in [5, 5.41) is 6.92. The van der Waals surface area contributed by atoms with Crippen molar-refractivity contribution in [2.24, 2.45) is 0 Å². The number of ketones is 1. The number of Topliss-reactive ketones (excluding diaryl/α,β-unsaturated/α-hetero) is 1. The van der Waals surface area contributed by atoms with Crippen molar-refractivity contribution in [3.8, 4) is 0 Å². The molecule has 0 bridgehead atoms. The molecule has 1 rings (SSSR count). The molecule has 0 aromatic heterocycles. The third-order valence-corrected chi connectivity index (χ3v) is 1.71. The minimum absolute atomic E-state index is 0.0188. The highest BCUT2D eigenvalue weighted by Gasteiger charge is 2.04. The summed E-state index contributed by atoms with van der Waals surface area (Å²) in [6, 6.07) is 9.35. The molecule has 0 saturated heterocycles.